The molecule has 160 valence electrons. The average molecular weight is 423 g/mol. The quantitative estimate of drug-likeness (QED) is 0.402. The Labute approximate surface area is 167 Å². The summed E-state index contributed by atoms with van der Waals surface area (Å²) in [7, 11) is 0. The highest BCUT2D eigenvalue weighted by atomic mass is 32.3. The summed E-state index contributed by atoms with van der Waals surface area (Å²) < 4.78 is 68.7. The third kappa shape index (κ3) is 4.85. The summed E-state index contributed by atoms with van der Waals surface area (Å²) in [5.41, 5.74) is -2.11. The molecule has 2 saturated carbocycles. The van der Waals surface area contributed by atoms with Crippen molar-refractivity contribution in [1.29, 1.82) is 0 Å². The minimum Gasteiger partial charge on any atom is -0.244 e. The van der Waals surface area contributed by atoms with Gasteiger partial charge in [0.15, 0.2) is 5.67 Å². The number of benzene rings is 1. The first-order valence-corrected chi connectivity index (χ1v) is 11.9. The lowest BCUT2D eigenvalue weighted by molar-refractivity contribution is -0.0274. The maximum Gasteiger partial charge on any atom is 0.237 e. The van der Waals surface area contributed by atoms with Gasteiger partial charge in [-0.25, -0.2) is 8.78 Å². The van der Waals surface area contributed by atoms with Crippen LogP contribution in [0.4, 0.5) is 20.4 Å². The van der Waals surface area contributed by atoms with Crippen LogP contribution >= 0.6 is 11.2 Å². The molecule has 0 aromatic heterocycles. The van der Waals surface area contributed by atoms with Crippen molar-refractivity contribution in [1.82, 2.24) is 0 Å². The Morgan fingerprint density at radius 2 is 1.61 bits per heavy atom. The van der Waals surface area contributed by atoms with Crippen molar-refractivity contribution >= 4 is 11.2 Å². The molecule has 3 rings (SSSR count). The summed E-state index contributed by atoms with van der Waals surface area (Å²) in [5.74, 6) is 1.46. The fraction of sp³-hybridized carbons (Fsp3) is 0.727. The van der Waals surface area contributed by atoms with Crippen molar-refractivity contribution in [3.63, 3.8) is 0 Å². The van der Waals surface area contributed by atoms with E-state index in [1.165, 1.54) is 32.1 Å². The molecule has 3 atom stereocenters. The van der Waals surface area contributed by atoms with E-state index in [0.29, 0.717) is 12.3 Å². The number of hydrogen-bond donors (Lipinski definition) is 0. The molecule has 1 aromatic rings. The Balaban J connectivity index is 1.59. The molecule has 6 heteroatoms. The van der Waals surface area contributed by atoms with Crippen molar-refractivity contribution in [2.24, 2.45) is 17.8 Å². The van der Waals surface area contributed by atoms with E-state index >= 15 is 4.39 Å². The van der Waals surface area contributed by atoms with E-state index in [-0.39, 0.29) is 24.3 Å². The Morgan fingerprint density at radius 3 is 2.14 bits per heavy atom. The molecule has 28 heavy (non-hydrogen) atoms. The van der Waals surface area contributed by atoms with Crippen LogP contribution in [0.2, 0.25) is 0 Å². The van der Waals surface area contributed by atoms with Gasteiger partial charge in [-0.15, -0.1) is 11.7 Å². The smallest absolute Gasteiger partial charge is 0.237 e. The van der Waals surface area contributed by atoms with Crippen LogP contribution in [0.15, 0.2) is 29.2 Å². The van der Waals surface area contributed by atoms with E-state index < -0.39 is 27.9 Å². The van der Waals surface area contributed by atoms with Crippen LogP contribution in [0, 0.1) is 17.8 Å². The van der Waals surface area contributed by atoms with Crippen LogP contribution in [0.5, 0.6) is 0 Å². The molecule has 2 fully saturated rings. The van der Waals surface area contributed by atoms with Gasteiger partial charge < -0.3 is 0 Å². The minimum absolute atomic E-state index is 0.0501. The lowest BCUT2D eigenvalue weighted by Crippen LogP contribution is -2.40. The Kier molecular flexibility index (Phi) is 6.99. The van der Waals surface area contributed by atoms with E-state index in [1.807, 2.05) is 0 Å². The van der Waals surface area contributed by atoms with Crippen LogP contribution in [0.25, 0.3) is 0 Å². The summed E-state index contributed by atoms with van der Waals surface area (Å²) >= 11 is -5.33. The maximum absolute atomic E-state index is 15.4. The first kappa shape index (κ1) is 21.9. The van der Waals surface area contributed by atoms with Gasteiger partial charge in [-0.3, -0.25) is 0 Å². The summed E-state index contributed by atoms with van der Waals surface area (Å²) in [5, 5.41) is 0. The molecule has 1 aromatic carbocycles. The monoisotopic (exact) mass is 422 g/mol. The Morgan fingerprint density at radius 1 is 0.964 bits per heavy atom. The van der Waals surface area contributed by atoms with Gasteiger partial charge in [-0.1, -0.05) is 51.2 Å². The van der Waals surface area contributed by atoms with Gasteiger partial charge in [0.25, 0.3) is 0 Å². The van der Waals surface area contributed by atoms with E-state index in [9.17, 15) is 16.0 Å². The van der Waals surface area contributed by atoms with Gasteiger partial charge in [-0.05, 0) is 67.6 Å². The second-order valence-electron chi connectivity index (χ2n) is 8.72. The minimum atomic E-state index is -5.33. The van der Waals surface area contributed by atoms with Gasteiger partial charge in [0.05, 0.1) is 4.90 Å². The van der Waals surface area contributed by atoms with Crippen LogP contribution < -0.4 is 0 Å². The highest BCUT2D eigenvalue weighted by Gasteiger charge is 2.47. The highest BCUT2D eigenvalue weighted by molar-refractivity contribution is 8.20. The second-order valence-corrected chi connectivity index (χ2v) is 10.0. The zero-order valence-electron chi connectivity index (χ0n) is 16.5. The average Bonchev–Trinajstić information content (AvgIpc) is 2.68. The standard InChI is InChI=1S/C22H31F5S/c1-2-3-4-16-5-7-17(8-6-16)18-13-14-22(24,21(23)15-18)19-9-11-20(12-10-19)28(25,26)27/h9-12,16-18,21H,2-8,13-15H2,1H3/t16-,17-,18?,21?,22?. The molecule has 0 nitrogen and oxygen atoms in total. The van der Waals surface area contributed by atoms with E-state index in [4.69, 9.17) is 0 Å². The van der Waals surface area contributed by atoms with Crippen LogP contribution in [0.1, 0.15) is 76.7 Å². The highest BCUT2D eigenvalue weighted by Crippen LogP contribution is 2.61. The number of alkyl halides is 2. The predicted molar refractivity (Wildman–Crippen MR) is 106 cm³/mol. The SMILES string of the molecule is CCCC[C@H]1CC[C@H](C2CCC(F)(c3ccc(S(F)(F)F)cc3)C(F)C2)CC1. The number of unbranched alkanes of at least 4 members (excludes halogenated alkanes) is 1. The molecule has 0 aliphatic heterocycles. The Hall–Kier alpha value is -0.780. The predicted octanol–water partition coefficient (Wildman–Crippen LogP) is 8.80. The molecule has 0 amide bonds. The lowest BCUT2D eigenvalue weighted by Gasteiger charge is -2.42. The van der Waals surface area contributed by atoms with Crippen molar-refractivity contribution in [2.75, 3.05) is 0 Å². The second kappa shape index (κ2) is 8.93. The molecular weight excluding hydrogens is 391 g/mol. The summed E-state index contributed by atoms with van der Waals surface area (Å²) in [6.45, 7) is 2.20. The van der Waals surface area contributed by atoms with Crippen molar-refractivity contribution in [3.8, 4) is 0 Å². The summed E-state index contributed by atoms with van der Waals surface area (Å²) in [6.07, 6.45) is 7.59. The summed E-state index contributed by atoms with van der Waals surface area (Å²) in [4.78, 5) is -0.747. The molecule has 2 aliphatic carbocycles. The van der Waals surface area contributed by atoms with Gasteiger partial charge >= 0.3 is 0 Å². The third-order valence-electron chi connectivity index (χ3n) is 7.01. The molecule has 3 unspecified atom stereocenters. The topological polar surface area (TPSA) is 0 Å². The molecular formula is C22H31F5S. The van der Waals surface area contributed by atoms with Crippen LogP contribution in [-0.2, 0) is 5.67 Å². The molecule has 0 heterocycles. The molecule has 0 radical (unpaired) electrons. The van der Waals surface area contributed by atoms with Gasteiger partial charge in [0.2, 0.25) is 11.2 Å². The van der Waals surface area contributed by atoms with E-state index in [1.54, 1.807) is 0 Å². The molecule has 0 spiro atoms. The first-order valence-electron chi connectivity index (χ1n) is 10.6. The van der Waals surface area contributed by atoms with E-state index in [2.05, 4.69) is 6.92 Å². The largest absolute Gasteiger partial charge is 0.244 e. The van der Waals surface area contributed by atoms with Crippen LogP contribution in [-0.4, -0.2) is 6.17 Å². The summed E-state index contributed by atoms with van der Waals surface area (Å²) in [6, 6.07) is 4.04. The third-order valence-corrected chi connectivity index (χ3v) is 7.82. The number of rotatable bonds is 6. The molecule has 2 aliphatic rings. The van der Waals surface area contributed by atoms with Crippen molar-refractivity contribution < 1.29 is 20.4 Å². The Bertz CT molecular complexity index is 621. The zero-order valence-corrected chi connectivity index (χ0v) is 17.3. The number of halogens is 5. The van der Waals surface area contributed by atoms with Gasteiger partial charge in [-0.2, -0.15) is 0 Å². The van der Waals surface area contributed by atoms with E-state index in [0.717, 1.165) is 43.0 Å². The van der Waals surface area contributed by atoms with Crippen molar-refractivity contribution in [3.05, 3.63) is 29.8 Å². The van der Waals surface area contributed by atoms with Gasteiger partial charge in [0.1, 0.15) is 6.17 Å². The first-order chi connectivity index (χ1) is 13.2. The number of hydrogen-bond acceptors (Lipinski definition) is 0. The molecule has 0 N–H and O–H groups in total. The van der Waals surface area contributed by atoms with Gasteiger partial charge in [0, 0.05) is 0 Å². The fourth-order valence-corrected chi connectivity index (χ4v) is 5.65. The zero-order chi connectivity index (χ0) is 20.4. The normalized spacial score (nSPS) is 34.9. The maximum atomic E-state index is 15.4. The van der Waals surface area contributed by atoms with Crippen molar-refractivity contribution in [2.45, 2.75) is 87.9 Å². The molecule has 0 saturated heterocycles. The molecule has 0 bridgehead atoms. The van der Waals surface area contributed by atoms with Crippen LogP contribution in [0.3, 0.4) is 0 Å². The fourth-order valence-electron chi connectivity index (χ4n) is 5.20. The lowest BCUT2D eigenvalue weighted by atomic mass is 9.66.